The summed E-state index contributed by atoms with van der Waals surface area (Å²) < 4.78 is 15.6. The van der Waals surface area contributed by atoms with Gasteiger partial charge < -0.3 is 25.5 Å². The lowest BCUT2D eigenvalue weighted by molar-refractivity contribution is -0.116. The molecular weight excluding hydrogens is 479 g/mol. The number of carbonyl (C=O) groups excluding carboxylic acids is 1. The van der Waals surface area contributed by atoms with Gasteiger partial charge in [0.2, 0.25) is 6.41 Å². The topological polar surface area (TPSA) is 159 Å². The lowest BCUT2D eigenvalue weighted by atomic mass is 10.2. The lowest BCUT2D eigenvalue weighted by Gasteiger charge is -2.22. The predicted octanol–water partition coefficient (Wildman–Crippen LogP) is 2.91. The molecule has 174 valence electrons. The molecule has 0 spiro atoms. The van der Waals surface area contributed by atoms with E-state index in [4.69, 9.17) is 27.1 Å². The molecule has 2 aromatic rings. The van der Waals surface area contributed by atoms with E-state index >= 15 is 0 Å². The maximum Gasteiger partial charge on any atom is 0.469 e. The molecule has 0 fully saturated rings. The maximum absolute atomic E-state index is 11.8. The zero-order valence-corrected chi connectivity index (χ0v) is 19.9. The van der Waals surface area contributed by atoms with Gasteiger partial charge in [0.15, 0.2) is 0 Å². The monoisotopic (exact) mass is 502 g/mol. The summed E-state index contributed by atoms with van der Waals surface area (Å²) in [6.45, 7) is 3.09. The molecule has 0 unspecified atom stereocenters. The fourth-order valence-corrected chi connectivity index (χ4v) is 4.07. The maximum atomic E-state index is 11.8. The number of allylic oxidation sites excluding steroid dienone is 1. The number of nitrogen functional groups attached to an aromatic ring is 1. The largest absolute Gasteiger partial charge is 0.469 e. The summed E-state index contributed by atoms with van der Waals surface area (Å²) in [6, 6.07) is 6.50. The molecule has 0 atom stereocenters. The van der Waals surface area contributed by atoms with E-state index in [2.05, 4.69) is 14.5 Å². The Kier molecular flexibility index (Phi) is 9.53. The number of aliphatic hydroxyl groups is 1. The molecule has 1 heterocycles. The van der Waals surface area contributed by atoms with E-state index in [1.54, 1.807) is 38.1 Å². The van der Waals surface area contributed by atoms with Gasteiger partial charge in [0, 0.05) is 39.4 Å². The van der Waals surface area contributed by atoms with E-state index in [1.165, 1.54) is 11.1 Å². The van der Waals surface area contributed by atoms with Crippen LogP contribution in [0.5, 0.6) is 0 Å². The molecule has 2 rings (SSSR count). The van der Waals surface area contributed by atoms with Crippen molar-refractivity contribution in [1.82, 2.24) is 14.9 Å². The molecule has 0 aliphatic carbocycles. The van der Waals surface area contributed by atoms with Crippen LogP contribution in [0.2, 0.25) is 5.02 Å². The Labute approximate surface area is 193 Å². The van der Waals surface area contributed by atoms with Crippen LogP contribution in [0.3, 0.4) is 0 Å². The zero-order chi connectivity index (χ0) is 23.9. The first kappa shape index (κ1) is 26.1. The van der Waals surface area contributed by atoms with Gasteiger partial charge in [0.05, 0.1) is 13.2 Å². The van der Waals surface area contributed by atoms with Crippen molar-refractivity contribution >= 4 is 48.1 Å². The van der Waals surface area contributed by atoms with Gasteiger partial charge in [-0.1, -0.05) is 23.7 Å². The second-order valence-corrected chi connectivity index (χ2v) is 9.47. The van der Waals surface area contributed by atoms with Gasteiger partial charge in [0.25, 0.3) is 0 Å². The van der Waals surface area contributed by atoms with E-state index < -0.39 is 7.82 Å². The SMILES string of the molecule is C/C(=C(CCOP(=O)(O)O)/[SH]=C(\O)c1ccc(Cl)cc1)N(C=O)Cc1cnc(C)nc1N. The van der Waals surface area contributed by atoms with Crippen LogP contribution in [0.4, 0.5) is 5.82 Å². The van der Waals surface area contributed by atoms with Crippen molar-refractivity contribution in [2.24, 2.45) is 0 Å². The van der Waals surface area contributed by atoms with Crippen molar-refractivity contribution in [2.45, 2.75) is 26.8 Å². The van der Waals surface area contributed by atoms with E-state index in [9.17, 15) is 14.5 Å². The summed E-state index contributed by atoms with van der Waals surface area (Å²) in [7, 11) is -4.67. The number of halogens is 1. The first-order valence-electron chi connectivity index (χ1n) is 9.23. The van der Waals surface area contributed by atoms with Crippen molar-refractivity contribution in [3.05, 3.63) is 63.0 Å². The Morgan fingerprint density at radius 1 is 1.34 bits per heavy atom. The minimum absolute atomic E-state index is 0.0313. The molecule has 10 nitrogen and oxygen atoms in total. The normalized spacial score (nSPS) is 13.2. The molecule has 13 heteroatoms. The summed E-state index contributed by atoms with van der Waals surface area (Å²) in [5.74, 6) is 0.726. The van der Waals surface area contributed by atoms with Crippen molar-refractivity contribution < 1.29 is 28.8 Å². The number of phosphoric acid groups is 1. The third kappa shape index (κ3) is 8.10. The summed E-state index contributed by atoms with van der Waals surface area (Å²) in [4.78, 5) is 39.8. The summed E-state index contributed by atoms with van der Waals surface area (Å²) >= 11 is 6.21. The average Bonchev–Trinajstić information content (AvgIpc) is 2.71. The number of amides is 1. The number of benzene rings is 1. The first-order chi connectivity index (χ1) is 15.0. The number of aryl methyl sites for hydroxylation is 1. The Balaban J connectivity index is 2.40. The van der Waals surface area contributed by atoms with Gasteiger partial charge in [-0.2, -0.15) is 0 Å². The molecule has 32 heavy (non-hydrogen) atoms. The second-order valence-electron chi connectivity index (χ2n) is 6.61. The van der Waals surface area contributed by atoms with Crippen LogP contribution in [-0.2, 0) is 20.4 Å². The number of thiol groups is 1. The summed E-state index contributed by atoms with van der Waals surface area (Å²) in [5.41, 5.74) is 7.41. The predicted molar refractivity (Wildman–Crippen MR) is 125 cm³/mol. The average molecular weight is 503 g/mol. The van der Waals surface area contributed by atoms with Gasteiger partial charge in [-0.15, -0.1) is 11.4 Å². The molecule has 1 amide bonds. The van der Waals surface area contributed by atoms with E-state index in [-0.39, 0.29) is 30.4 Å². The number of rotatable bonds is 10. The first-order valence-corrected chi connectivity index (χ1v) is 12.0. The van der Waals surface area contributed by atoms with Crippen LogP contribution in [0.1, 0.15) is 30.3 Å². The highest BCUT2D eigenvalue weighted by atomic mass is 35.5. The van der Waals surface area contributed by atoms with Crippen LogP contribution >= 0.6 is 30.8 Å². The smallest absolute Gasteiger partial charge is 0.383 e. The van der Waals surface area contributed by atoms with Crippen LogP contribution in [0, 0.1) is 6.92 Å². The van der Waals surface area contributed by atoms with Gasteiger partial charge in [-0.3, -0.25) is 9.32 Å². The molecule has 0 saturated carbocycles. The lowest BCUT2D eigenvalue weighted by Crippen LogP contribution is -2.22. The molecule has 0 bridgehead atoms. The summed E-state index contributed by atoms with van der Waals surface area (Å²) in [6.07, 6.45) is 2.15. The number of aromatic nitrogens is 2. The van der Waals surface area contributed by atoms with Crippen molar-refractivity contribution in [3.63, 3.8) is 0 Å². The Hall–Kier alpha value is -2.11. The molecule has 1 aromatic carbocycles. The van der Waals surface area contributed by atoms with Crippen LogP contribution in [0.25, 0.3) is 0 Å². The molecule has 0 aliphatic heterocycles. The Morgan fingerprint density at radius 3 is 2.56 bits per heavy atom. The number of hydrogen-bond acceptors (Lipinski definition) is 6. The Bertz CT molecular complexity index is 1070. The third-order valence-electron chi connectivity index (χ3n) is 4.28. The summed E-state index contributed by atoms with van der Waals surface area (Å²) in [5, 5.41) is 11.1. The Morgan fingerprint density at radius 2 is 2.00 bits per heavy atom. The molecule has 0 aliphatic rings. The number of phosphoric ester groups is 1. The van der Waals surface area contributed by atoms with E-state index in [1.807, 2.05) is 0 Å². The quantitative estimate of drug-likeness (QED) is 0.142. The fraction of sp³-hybridized carbons (Fsp3) is 0.263. The van der Waals surface area contributed by atoms with Crippen LogP contribution < -0.4 is 5.73 Å². The fourth-order valence-electron chi connectivity index (χ4n) is 2.59. The van der Waals surface area contributed by atoms with E-state index in [0.717, 1.165) is 0 Å². The molecule has 5 N–H and O–H groups in total. The minimum Gasteiger partial charge on any atom is -0.383 e. The standard InChI is InChI=1S/C19H24ClN4O6PS/c1-12(24(11-25)10-15-9-22-13(2)23-18(15)21)17(7-8-30-31(27,28)29)32-19(26)14-3-5-16(20)6-4-14/h3-6,9,11,26,32H,7-8,10H2,1-2H3,(H2,21,22,23)(H2,27,28,29)/b17-12-. The molecular formula is C19H24ClN4O6PS. The van der Waals surface area contributed by atoms with Gasteiger partial charge >= 0.3 is 7.82 Å². The number of aliphatic hydroxyl groups excluding tert-OH is 1. The number of carbonyl (C=O) groups is 1. The molecule has 1 aromatic heterocycles. The van der Waals surface area contributed by atoms with E-state index in [0.29, 0.717) is 50.3 Å². The highest BCUT2D eigenvalue weighted by molar-refractivity contribution is 8.02. The molecule has 0 radical (unpaired) electrons. The van der Waals surface area contributed by atoms with Gasteiger partial charge in [0.1, 0.15) is 16.7 Å². The number of nitrogens with two attached hydrogens (primary N) is 1. The zero-order valence-electron chi connectivity index (χ0n) is 17.3. The van der Waals surface area contributed by atoms with Gasteiger partial charge in [-0.05, 0) is 26.0 Å². The second kappa shape index (κ2) is 11.7. The minimum atomic E-state index is -4.67. The van der Waals surface area contributed by atoms with Crippen LogP contribution in [-0.4, -0.2) is 47.8 Å². The van der Waals surface area contributed by atoms with Crippen LogP contribution in [0.15, 0.2) is 41.1 Å². The number of nitrogens with zero attached hydrogens (tertiary/aromatic N) is 3. The van der Waals surface area contributed by atoms with Crippen molar-refractivity contribution in [1.29, 1.82) is 0 Å². The van der Waals surface area contributed by atoms with Gasteiger partial charge in [-0.25, -0.2) is 14.5 Å². The number of hydrogen-bond donors (Lipinski definition) is 5. The highest BCUT2D eigenvalue weighted by Crippen LogP contribution is 2.36. The van der Waals surface area contributed by atoms with Crippen molar-refractivity contribution in [2.75, 3.05) is 12.3 Å². The molecule has 0 saturated heterocycles. The highest BCUT2D eigenvalue weighted by Gasteiger charge is 2.17. The third-order valence-corrected chi connectivity index (χ3v) is 6.33. The number of anilines is 1. The van der Waals surface area contributed by atoms with Crippen molar-refractivity contribution in [3.8, 4) is 0 Å².